The largest absolute Gasteiger partial charge is 0.481 e. The smallest absolute Gasteiger partial charge is 0.229 e. The summed E-state index contributed by atoms with van der Waals surface area (Å²) in [5, 5.41) is 2.84. The summed E-state index contributed by atoms with van der Waals surface area (Å²) in [7, 11) is 1.56. The molecule has 0 spiro atoms. The number of methoxy groups -OCH3 is 1. The van der Waals surface area contributed by atoms with Crippen LogP contribution < -0.4 is 10.1 Å². The van der Waals surface area contributed by atoms with Gasteiger partial charge in [-0.2, -0.15) is 0 Å². The Morgan fingerprint density at radius 3 is 2.50 bits per heavy atom. The van der Waals surface area contributed by atoms with Crippen LogP contribution in [0.4, 0.5) is 5.69 Å². The van der Waals surface area contributed by atoms with Crippen LogP contribution in [0.15, 0.2) is 12.3 Å². The summed E-state index contributed by atoms with van der Waals surface area (Å²) >= 11 is 0. The van der Waals surface area contributed by atoms with Crippen molar-refractivity contribution in [1.29, 1.82) is 0 Å². The number of aromatic nitrogens is 1. The molecule has 0 aliphatic heterocycles. The number of nitrogens with zero attached hydrogens (tertiary/aromatic N) is 1. The average molecular weight is 222 g/mol. The number of amides is 1. The van der Waals surface area contributed by atoms with E-state index in [9.17, 15) is 4.79 Å². The van der Waals surface area contributed by atoms with Gasteiger partial charge in [0.05, 0.1) is 19.0 Å². The van der Waals surface area contributed by atoms with Gasteiger partial charge in [-0.25, -0.2) is 4.98 Å². The second-order valence-electron chi connectivity index (χ2n) is 4.75. The molecule has 4 heteroatoms. The van der Waals surface area contributed by atoms with Crippen molar-refractivity contribution in [1.82, 2.24) is 4.98 Å². The van der Waals surface area contributed by atoms with Crippen molar-refractivity contribution in [3.8, 4) is 5.88 Å². The van der Waals surface area contributed by atoms with E-state index in [-0.39, 0.29) is 5.91 Å². The van der Waals surface area contributed by atoms with Crippen molar-refractivity contribution in [2.24, 2.45) is 5.41 Å². The second-order valence-corrected chi connectivity index (χ2v) is 4.75. The summed E-state index contributed by atoms with van der Waals surface area (Å²) in [6.45, 7) is 7.51. The number of carbonyl (C=O) groups is 1. The SMILES string of the molecule is COc1cc(C)c(NC(=O)C(C)(C)C)cn1. The molecule has 0 atom stereocenters. The first kappa shape index (κ1) is 12.5. The highest BCUT2D eigenvalue weighted by molar-refractivity contribution is 5.94. The Morgan fingerprint density at radius 1 is 1.44 bits per heavy atom. The van der Waals surface area contributed by atoms with Crippen LogP contribution in [-0.2, 0) is 4.79 Å². The van der Waals surface area contributed by atoms with E-state index in [2.05, 4.69) is 10.3 Å². The number of hydrogen-bond acceptors (Lipinski definition) is 3. The highest BCUT2D eigenvalue weighted by atomic mass is 16.5. The van der Waals surface area contributed by atoms with Gasteiger partial charge in [0.1, 0.15) is 0 Å². The number of nitrogens with one attached hydrogen (secondary N) is 1. The summed E-state index contributed by atoms with van der Waals surface area (Å²) in [4.78, 5) is 15.8. The number of rotatable bonds is 2. The van der Waals surface area contributed by atoms with Crippen LogP contribution in [0.2, 0.25) is 0 Å². The lowest BCUT2D eigenvalue weighted by atomic mass is 9.95. The van der Waals surface area contributed by atoms with Gasteiger partial charge in [-0.05, 0) is 12.5 Å². The Morgan fingerprint density at radius 2 is 2.06 bits per heavy atom. The van der Waals surface area contributed by atoms with E-state index >= 15 is 0 Å². The van der Waals surface area contributed by atoms with Gasteiger partial charge in [0.15, 0.2) is 0 Å². The van der Waals surface area contributed by atoms with E-state index in [0.29, 0.717) is 5.88 Å². The van der Waals surface area contributed by atoms with Crippen molar-refractivity contribution in [2.75, 3.05) is 12.4 Å². The fourth-order valence-electron chi connectivity index (χ4n) is 1.08. The van der Waals surface area contributed by atoms with Gasteiger partial charge in [-0.15, -0.1) is 0 Å². The fraction of sp³-hybridized carbons (Fsp3) is 0.500. The predicted molar refractivity (Wildman–Crippen MR) is 63.6 cm³/mol. The number of pyridine rings is 1. The molecule has 1 amide bonds. The minimum Gasteiger partial charge on any atom is -0.481 e. The lowest BCUT2D eigenvalue weighted by Crippen LogP contribution is -2.28. The molecule has 0 radical (unpaired) electrons. The number of aryl methyl sites for hydroxylation is 1. The predicted octanol–water partition coefficient (Wildman–Crippen LogP) is 2.38. The van der Waals surface area contributed by atoms with Crippen molar-refractivity contribution < 1.29 is 9.53 Å². The molecule has 1 aromatic heterocycles. The molecule has 0 saturated carbocycles. The molecule has 0 aliphatic rings. The summed E-state index contributed by atoms with van der Waals surface area (Å²) in [5.41, 5.74) is 1.25. The number of anilines is 1. The molecule has 4 nitrogen and oxygen atoms in total. The molecule has 1 rings (SSSR count). The monoisotopic (exact) mass is 222 g/mol. The number of hydrogen-bond donors (Lipinski definition) is 1. The van der Waals surface area contributed by atoms with Crippen LogP contribution in [0.3, 0.4) is 0 Å². The minimum atomic E-state index is -0.410. The van der Waals surface area contributed by atoms with Gasteiger partial charge >= 0.3 is 0 Å². The Hall–Kier alpha value is -1.58. The molecule has 16 heavy (non-hydrogen) atoms. The summed E-state index contributed by atoms with van der Waals surface area (Å²) in [5.74, 6) is 0.522. The zero-order chi connectivity index (χ0) is 12.3. The average Bonchev–Trinajstić information content (AvgIpc) is 2.19. The van der Waals surface area contributed by atoms with E-state index in [4.69, 9.17) is 4.74 Å². The van der Waals surface area contributed by atoms with Crippen molar-refractivity contribution in [3.05, 3.63) is 17.8 Å². The third-order valence-corrected chi connectivity index (χ3v) is 2.22. The third kappa shape index (κ3) is 2.95. The van der Waals surface area contributed by atoms with Crippen molar-refractivity contribution in [3.63, 3.8) is 0 Å². The van der Waals surface area contributed by atoms with Crippen LogP contribution in [0.5, 0.6) is 5.88 Å². The molecule has 0 aliphatic carbocycles. The third-order valence-electron chi connectivity index (χ3n) is 2.22. The Balaban J connectivity index is 2.87. The Labute approximate surface area is 96.0 Å². The summed E-state index contributed by atoms with van der Waals surface area (Å²) in [6.07, 6.45) is 1.61. The second kappa shape index (κ2) is 4.51. The van der Waals surface area contributed by atoms with Gasteiger partial charge in [0.25, 0.3) is 0 Å². The quantitative estimate of drug-likeness (QED) is 0.835. The van der Waals surface area contributed by atoms with Gasteiger partial charge < -0.3 is 10.1 Å². The standard InChI is InChI=1S/C12H18N2O2/c1-8-6-10(16-5)13-7-9(8)14-11(15)12(2,3)4/h6-7H,1-5H3,(H,14,15). The highest BCUT2D eigenvalue weighted by Gasteiger charge is 2.21. The molecule has 0 aromatic carbocycles. The van der Waals surface area contributed by atoms with Crippen LogP contribution in [0.1, 0.15) is 26.3 Å². The van der Waals surface area contributed by atoms with Crippen LogP contribution in [0, 0.1) is 12.3 Å². The maximum Gasteiger partial charge on any atom is 0.229 e. The molecule has 0 fully saturated rings. The van der Waals surface area contributed by atoms with Crippen LogP contribution in [0.25, 0.3) is 0 Å². The van der Waals surface area contributed by atoms with Gasteiger partial charge in [-0.3, -0.25) is 4.79 Å². The molecule has 0 bridgehead atoms. The Kier molecular flexibility index (Phi) is 3.52. The van der Waals surface area contributed by atoms with Gasteiger partial charge in [0.2, 0.25) is 11.8 Å². The van der Waals surface area contributed by atoms with E-state index in [1.165, 1.54) is 0 Å². The first-order valence-electron chi connectivity index (χ1n) is 5.16. The molecular weight excluding hydrogens is 204 g/mol. The topological polar surface area (TPSA) is 51.2 Å². The minimum absolute atomic E-state index is 0.0254. The first-order valence-corrected chi connectivity index (χ1v) is 5.16. The molecule has 1 aromatic rings. The molecule has 0 unspecified atom stereocenters. The van der Waals surface area contributed by atoms with E-state index in [0.717, 1.165) is 11.3 Å². The molecule has 88 valence electrons. The molecule has 1 heterocycles. The summed E-state index contributed by atoms with van der Waals surface area (Å²) < 4.78 is 5.00. The van der Waals surface area contributed by atoms with Crippen LogP contribution >= 0.6 is 0 Å². The van der Waals surface area contributed by atoms with Crippen LogP contribution in [-0.4, -0.2) is 18.0 Å². The van der Waals surface area contributed by atoms with Crippen molar-refractivity contribution in [2.45, 2.75) is 27.7 Å². The Bertz CT molecular complexity index is 394. The lowest BCUT2D eigenvalue weighted by Gasteiger charge is -2.18. The van der Waals surface area contributed by atoms with E-state index in [1.54, 1.807) is 19.4 Å². The molecule has 1 N–H and O–H groups in total. The maximum absolute atomic E-state index is 11.8. The van der Waals surface area contributed by atoms with E-state index < -0.39 is 5.41 Å². The zero-order valence-electron chi connectivity index (χ0n) is 10.4. The molecular formula is C12H18N2O2. The highest BCUT2D eigenvalue weighted by Crippen LogP contribution is 2.21. The lowest BCUT2D eigenvalue weighted by molar-refractivity contribution is -0.123. The normalized spacial score (nSPS) is 11.1. The summed E-state index contributed by atoms with van der Waals surface area (Å²) in [6, 6.07) is 1.79. The first-order chi connectivity index (χ1) is 7.34. The van der Waals surface area contributed by atoms with E-state index in [1.807, 2.05) is 27.7 Å². The number of carbonyl (C=O) groups excluding carboxylic acids is 1. The van der Waals surface area contributed by atoms with Crippen molar-refractivity contribution >= 4 is 11.6 Å². The molecule has 0 saturated heterocycles. The number of ether oxygens (including phenoxy) is 1. The fourth-order valence-corrected chi connectivity index (χ4v) is 1.08. The van der Waals surface area contributed by atoms with Gasteiger partial charge in [0, 0.05) is 11.5 Å². The maximum atomic E-state index is 11.8. The van der Waals surface area contributed by atoms with Gasteiger partial charge in [-0.1, -0.05) is 20.8 Å². The zero-order valence-corrected chi connectivity index (χ0v) is 10.4.